The molecule has 0 spiro atoms. The van der Waals surface area contributed by atoms with Crippen molar-refractivity contribution in [2.24, 2.45) is 4.99 Å². The van der Waals surface area contributed by atoms with Gasteiger partial charge in [0.1, 0.15) is 24.1 Å². The fraction of sp³-hybridized carbons (Fsp3) is 0.227. The van der Waals surface area contributed by atoms with Crippen molar-refractivity contribution < 1.29 is 14.3 Å². The number of halogens is 1. The van der Waals surface area contributed by atoms with Gasteiger partial charge >= 0.3 is 0 Å². The highest BCUT2D eigenvalue weighted by atomic mass is 35.5. The van der Waals surface area contributed by atoms with Gasteiger partial charge in [-0.3, -0.25) is 14.6 Å². The molecule has 6 nitrogen and oxygen atoms in total. The van der Waals surface area contributed by atoms with Crippen LogP contribution < -0.4 is 15.0 Å². The van der Waals surface area contributed by atoms with Crippen LogP contribution >= 0.6 is 11.6 Å². The summed E-state index contributed by atoms with van der Waals surface area (Å²) in [5, 5.41) is 3.26. The molecule has 1 atom stereocenters. The summed E-state index contributed by atoms with van der Waals surface area (Å²) in [6.07, 6.45) is 2.54. The van der Waals surface area contributed by atoms with Crippen molar-refractivity contribution >= 4 is 34.8 Å². The van der Waals surface area contributed by atoms with Gasteiger partial charge in [0.2, 0.25) is 0 Å². The molecular weight excluding hydrogens is 390 g/mol. The van der Waals surface area contributed by atoms with Crippen molar-refractivity contribution in [2.45, 2.75) is 12.5 Å². The fourth-order valence-corrected chi connectivity index (χ4v) is 3.55. The summed E-state index contributed by atoms with van der Waals surface area (Å²) in [7, 11) is 1.64. The molecule has 0 unspecified atom stereocenters. The van der Waals surface area contributed by atoms with E-state index in [0.29, 0.717) is 28.7 Å². The van der Waals surface area contributed by atoms with Crippen LogP contribution in [0.15, 0.2) is 65.2 Å². The summed E-state index contributed by atoms with van der Waals surface area (Å²) in [5.74, 6) is -0.107. The zero-order valence-corrected chi connectivity index (χ0v) is 16.6. The lowest BCUT2D eigenvalue weighted by Gasteiger charge is -2.20. The number of amides is 2. The summed E-state index contributed by atoms with van der Waals surface area (Å²) in [6.45, 7) is 0.522. The van der Waals surface area contributed by atoms with Crippen molar-refractivity contribution in [2.75, 3.05) is 25.1 Å². The molecule has 148 valence electrons. The topological polar surface area (TPSA) is 71.0 Å². The lowest BCUT2D eigenvalue weighted by Crippen LogP contribution is -2.50. The first-order valence-corrected chi connectivity index (χ1v) is 9.67. The van der Waals surface area contributed by atoms with E-state index in [4.69, 9.17) is 16.3 Å². The van der Waals surface area contributed by atoms with E-state index >= 15 is 0 Å². The van der Waals surface area contributed by atoms with E-state index in [9.17, 15) is 9.59 Å². The second-order valence-corrected chi connectivity index (χ2v) is 7.45. The number of hydrogen-bond donors (Lipinski definition) is 1. The average molecular weight is 410 g/mol. The van der Waals surface area contributed by atoms with Gasteiger partial charge in [-0.15, -0.1) is 0 Å². The van der Waals surface area contributed by atoms with Crippen LogP contribution in [0.3, 0.4) is 0 Å². The SMILES string of the molecule is CN1C(=O)[C@@H](NC(=O)C2=NCC(Cc3ccccc3)=C2)COc2ccc(Cl)cc21. The number of ether oxygens (including phenoxy) is 1. The van der Waals surface area contributed by atoms with Gasteiger partial charge in [-0.1, -0.05) is 41.9 Å². The van der Waals surface area contributed by atoms with Crippen molar-refractivity contribution in [1.29, 1.82) is 0 Å². The van der Waals surface area contributed by atoms with E-state index in [1.807, 2.05) is 30.3 Å². The smallest absolute Gasteiger partial charge is 0.270 e. The minimum Gasteiger partial charge on any atom is -0.489 e. The molecule has 0 saturated carbocycles. The summed E-state index contributed by atoms with van der Waals surface area (Å²) in [6, 6.07) is 14.3. The number of nitrogens with zero attached hydrogens (tertiary/aromatic N) is 2. The van der Waals surface area contributed by atoms with Gasteiger partial charge in [0.05, 0.1) is 12.2 Å². The Morgan fingerprint density at radius 1 is 1.28 bits per heavy atom. The molecule has 2 aliphatic heterocycles. The molecule has 2 aliphatic rings. The van der Waals surface area contributed by atoms with Crippen LogP contribution in [0.1, 0.15) is 5.56 Å². The molecule has 4 rings (SSSR count). The maximum Gasteiger partial charge on any atom is 0.270 e. The Kier molecular flexibility index (Phi) is 5.36. The highest BCUT2D eigenvalue weighted by Crippen LogP contribution is 2.33. The van der Waals surface area contributed by atoms with Gasteiger partial charge in [0.15, 0.2) is 0 Å². The molecule has 2 aromatic rings. The monoisotopic (exact) mass is 409 g/mol. The molecule has 0 bridgehead atoms. The van der Waals surface area contributed by atoms with E-state index in [-0.39, 0.29) is 18.4 Å². The first kappa shape index (κ1) is 19.2. The van der Waals surface area contributed by atoms with Crippen molar-refractivity contribution in [3.63, 3.8) is 0 Å². The number of anilines is 1. The Balaban J connectivity index is 1.43. The first-order valence-electron chi connectivity index (χ1n) is 9.30. The van der Waals surface area contributed by atoms with Crippen molar-refractivity contribution in [1.82, 2.24) is 5.32 Å². The van der Waals surface area contributed by atoms with Gasteiger partial charge in [0.25, 0.3) is 11.8 Å². The van der Waals surface area contributed by atoms with Crippen LogP contribution in [0.25, 0.3) is 0 Å². The fourth-order valence-electron chi connectivity index (χ4n) is 3.38. The number of nitrogens with one attached hydrogen (secondary N) is 1. The van der Waals surface area contributed by atoms with E-state index in [0.717, 1.165) is 12.0 Å². The van der Waals surface area contributed by atoms with E-state index in [2.05, 4.69) is 10.3 Å². The van der Waals surface area contributed by atoms with Crippen LogP contribution in [0.2, 0.25) is 5.02 Å². The molecule has 2 amide bonds. The minimum atomic E-state index is -0.812. The molecule has 2 heterocycles. The summed E-state index contributed by atoms with van der Waals surface area (Å²) >= 11 is 6.04. The predicted octanol–water partition coefficient (Wildman–Crippen LogP) is 2.80. The third-order valence-corrected chi connectivity index (χ3v) is 5.16. The Labute approximate surface area is 173 Å². The normalized spacial score (nSPS) is 18.3. The number of likely N-dealkylation sites (N-methyl/N-ethyl adjacent to an activating group) is 1. The van der Waals surface area contributed by atoms with E-state index < -0.39 is 6.04 Å². The standard InChI is InChI=1S/C22H20ClN3O3/c1-26-19-11-16(23)7-8-20(19)29-13-18(22(26)28)25-21(27)17-10-15(12-24-17)9-14-5-3-2-4-6-14/h2-8,10-11,18H,9,12-13H2,1H3,(H,25,27)/t18-/m0/s1. The van der Waals surface area contributed by atoms with Gasteiger partial charge in [-0.05, 0) is 41.8 Å². The maximum atomic E-state index is 12.8. The van der Waals surface area contributed by atoms with Gasteiger partial charge in [-0.2, -0.15) is 0 Å². The molecule has 0 aliphatic carbocycles. The van der Waals surface area contributed by atoms with Crippen LogP contribution in [0, 0.1) is 0 Å². The average Bonchev–Trinajstić information content (AvgIpc) is 3.16. The highest BCUT2D eigenvalue weighted by molar-refractivity contribution is 6.44. The van der Waals surface area contributed by atoms with Crippen molar-refractivity contribution in [3.05, 3.63) is 70.8 Å². The van der Waals surface area contributed by atoms with Gasteiger partial charge in [-0.25, -0.2) is 0 Å². The zero-order chi connectivity index (χ0) is 20.4. The van der Waals surface area contributed by atoms with Gasteiger partial charge in [0, 0.05) is 12.1 Å². The summed E-state index contributed by atoms with van der Waals surface area (Å²) < 4.78 is 5.73. The summed E-state index contributed by atoms with van der Waals surface area (Å²) in [4.78, 5) is 31.3. The van der Waals surface area contributed by atoms with Crippen LogP contribution in [0.4, 0.5) is 5.69 Å². The molecule has 7 heteroatoms. The number of carbonyl (C=O) groups is 2. The van der Waals surface area contributed by atoms with Crippen LogP contribution in [-0.4, -0.2) is 43.8 Å². The summed E-state index contributed by atoms with van der Waals surface area (Å²) in [5.41, 5.74) is 3.13. The van der Waals surface area contributed by atoms with E-state index in [1.54, 1.807) is 31.3 Å². The molecule has 0 fully saturated rings. The van der Waals surface area contributed by atoms with Crippen LogP contribution in [-0.2, 0) is 16.0 Å². The Bertz CT molecular complexity index is 1020. The Hall–Kier alpha value is -3.12. The Morgan fingerprint density at radius 3 is 2.86 bits per heavy atom. The lowest BCUT2D eigenvalue weighted by molar-refractivity contribution is -0.124. The second-order valence-electron chi connectivity index (χ2n) is 7.01. The molecular formula is C22H20ClN3O3. The zero-order valence-electron chi connectivity index (χ0n) is 15.9. The molecule has 0 saturated heterocycles. The Morgan fingerprint density at radius 2 is 2.07 bits per heavy atom. The van der Waals surface area contributed by atoms with Crippen LogP contribution in [0.5, 0.6) is 5.75 Å². The minimum absolute atomic E-state index is 0.0391. The molecule has 1 N–H and O–H groups in total. The highest BCUT2D eigenvalue weighted by Gasteiger charge is 2.31. The number of benzene rings is 2. The lowest BCUT2D eigenvalue weighted by atomic mass is 10.1. The van der Waals surface area contributed by atoms with Gasteiger partial charge < -0.3 is 15.0 Å². The number of hydrogen-bond acceptors (Lipinski definition) is 4. The predicted molar refractivity (Wildman–Crippen MR) is 113 cm³/mol. The molecule has 0 radical (unpaired) electrons. The van der Waals surface area contributed by atoms with E-state index in [1.165, 1.54) is 10.5 Å². The number of fused-ring (bicyclic) bond motifs is 1. The van der Waals surface area contributed by atoms with Crippen molar-refractivity contribution in [3.8, 4) is 5.75 Å². The largest absolute Gasteiger partial charge is 0.489 e. The number of aliphatic imine (C=N–C) groups is 1. The number of rotatable bonds is 4. The number of carbonyl (C=O) groups excluding carboxylic acids is 2. The quantitative estimate of drug-likeness (QED) is 0.844. The second kappa shape index (κ2) is 8.09. The third kappa shape index (κ3) is 4.17. The third-order valence-electron chi connectivity index (χ3n) is 4.92. The molecule has 2 aromatic carbocycles. The molecule has 0 aromatic heterocycles. The first-order chi connectivity index (χ1) is 14.0. The maximum absolute atomic E-state index is 12.8. The molecule has 29 heavy (non-hydrogen) atoms.